The summed E-state index contributed by atoms with van der Waals surface area (Å²) in [6, 6.07) is 19.5. The highest BCUT2D eigenvalue weighted by molar-refractivity contribution is 6.31. The van der Waals surface area contributed by atoms with Gasteiger partial charge in [0.25, 0.3) is 0 Å². The lowest BCUT2D eigenvalue weighted by atomic mass is 10.1. The molecule has 2 aromatic heterocycles. The van der Waals surface area contributed by atoms with E-state index >= 15 is 0 Å². The van der Waals surface area contributed by atoms with Crippen LogP contribution in [0.1, 0.15) is 11.1 Å². The van der Waals surface area contributed by atoms with Gasteiger partial charge in [0.05, 0.1) is 29.3 Å². The number of nitrogens with zero attached hydrogens (tertiary/aromatic N) is 4. The standard InChI is InChI=1S/C23H16ClFN4/c24-20-4-2-1-3-17(20)10-12-29-15-28-22(21-13-16(14-26)9-11-27-21)23(29)18-5-7-19(25)8-6-18/h1-9,11,13,15H,10,12H2. The maximum absolute atomic E-state index is 13.5. The molecule has 0 saturated heterocycles. The number of aryl methyl sites for hydroxylation is 2. The zero-order valence-corrected chi connectivity index (χ0v) is 16.1. The lowest BCUT2D eigenvalue weighted by Crippen LogP contribution is -2.03. The van der Waals surface area contributed by atoms with Crippen molar-refractivity contribution in [3.63, 3.8) is 0 Å². The third-order valence-corrected chi connectivity index (χ3v) is 5.04. The third-order valence-electron chi connectivity index (χ3n) is 4.67. The molecule has 0 aliphatic carbocycles. The quantitative estimate of drug-likeness (QED) is 0.441. The van der Waals surface area contributed by atoms with Crippen LogP contribution in [0.25, 0.3) is 22.6 Å². The molecule has 0 aliphatic rings. The maximum atomic E-state index is 13.5. The number of pyridine rings is 1. The van der Waals surface area contributed by atoms with Gasteiger partial charge in [-0.25, -0.2) is 9.37 Å². The maximum Gasteiger partial charge on any atom is 0.123 e. The van der Waals surface area contributed by atoms with E-state index in [9.17, 15) is 9.65 Å². The molecule has 4 nitrogen and oxygen atoms in total. The summed E-state index contributed by atoms with van der Waals surface area (Å²) < 4.78 is 15.5. The van der Waals surface area contributed by atoms with Crippen LogP contribution in [-0.2, 0) is 13.0 Å². The van der Waals surface area contributed by atoms with Gasteiger partial charge in [-0.1, -0.05) is 29.8 Å². The fourth-order valence-corrected chi connectivity index (χ4v) is 3.45. The average Bonchev–Trinajstić information content (AvgIpc) is 3.18. The van der Waals surface area contributed by atoms with E-state index in [1.807, 2.05) is 28.8 Å². The van der Waals surface area contributed by atoms with Gasteiger partial charge < -0.3 is 4.57 Å². The Kier molecular flexibility index (Phi) is 5.37. The smallest absolute Gasteiger partial charge is 0.123 e. The van der Waals surface area contributed by atoms with Crippen LogP contribution >= 0.6 is 11.6 Å². The van der Waals surface area contributed by atoms with Gasteiger partial charge in [-0.2, -0.15) is 5.26 Å². The first kappa shape index (κ1) is 18.9. The zero-order chi connectivity index (χ0) is 20.2. The van der Waals surface area contributed by atoms with E-state index in [0.29, 0.717) is 23.5 Å². The van der Waals surface area contributed by atoms with Crippen LogP contribution < -0.4 is 0 Å². The number of hydrogen-bond donors (Lipinski definition) is 0. The Morgan fingerprint density at radius 1 is 1.03 bits per heavy atom. The number of benzene rings is 2. The minimum Gasteiger partial charge on any atom is -0.330 e. The van der Waals surface area contributed by atoms with E-state index in [1.165, 1.54) is 12.1 Å². The number of rotatable bonds is 5. The first-order chi connectivity index (χ1) is 14.2. The Bertz CT molecular complexity index is 1190. The number of aromatic nitrogens is 3. The predicted molar refractivity (Wildman–Crippen MR) is 111 cm³/mol. The first-order valence-electron chi connectivity index (χ1n) is 9.06. The van der Waals surface area contributed by atoms with Gasteiger partial charge >= 0.3 is 0 Å². The van der Waals surface area contributed by atoms with Crippen molar-refractivity contribution in [3.05, 3.63) is 95.2 Å². The van der Waals surface area contributed by atoms with Gasteiger partial charge in [0, 0.05) is 23.3 Å². The second-order valence-corrected chi connectivity index (χ2v) is 6.93. The molecule has 0 aliphatic heterocycles. The normalized spacial score (nSPS) is 10.7. The van der Waals surface area contributed by atoms with Crippen molar-refractivity contribution in [1.82, 2.24) is 14.5 Å². The fourth-order valence-electron chi connectivity index (χ4n) is 3.22. The van der Waals surface area contributed by atoms with Gasteiger partial charge in [-0.15, -0.1) is 0 Å². The molecule has 0 spiro atoms. The van der Waals surface area contributed by atoms with Gasteiger partial charge in [0.2, 0.25) is 0 Å². The molecule has 2 aromatic carbocycles. The molecule has 0 atom stereocenters. The Morgan fingerprint density at radius 3 is 2.59 bits per heavy atom. The molecule has 0 radical (unpaired) electrons. The molecular formula is C23H16ClFN4. The molecule has 0 unspecified atom stereocenters. The second kappa shape index (κ2) is 8.26. The SMILES string of the molecule is N#Cc1ccnc(-c2ncn(CCc3ccccc3Cl)c2-c2ccc(F)cc2)c1. The van der Waals surface area contributed by atoms with E-state index in [2.05, 4.69) is 16.0 Å². The molecule has 4 rings (SSSR count). The topological polar surface area (TPSA) is 54.5 Å². The van der Waals surface area contributed by atoms with Crippen LogP contribution in [0.4, 0.5) is 4.39 Å². The van der Waals surface area contributed by atoms with Crippen LogP contribution in [0.2, 0.25) is 5.02 Å². The molecule has 0 bridgehead atoms. The summed E-state index contributed by atoms with van der Waals surface area (Å²) in [7, 11) is 0. The molecule has 0 amide bonds. The highest BCUT2D eigenvalue weighted by Gasteiger charge is 2.17. The van der Waals surface area contributed by atoms with Crippen molar-refractivity contribution in [2.24, 2.45) is 0 Å². The number of hydrogen-bond acceptors (Lipinski definition) is 3. The highest BCUT2D eigenvalue weighted by Crippen LogP contribution is 2.31. The molecule has 0 fully saturated rings. The monoisotopic (exact) mass is 402 g/mol. The summed E-state index contributed by atoms with van der Waals surface area (Å²) in [6.07, 6.45) is 4.05. The van der Waals surface area contributed by atoms with Crippen LogP contribution in [-0.4, -0.2) is 14.5 Å². The van der Waals surface area contributed by atoms with Crippen molar-refractivity contribution in [2.45, 2.75) is 13.0 Å². The largest absolute Gasteiger partial charge is 0.330 e. The van der Waals surface area contributed by atoms with Crippen LogP contribution in [0, 0.1) is 17.1 Å². The van der Waals surface area contributed by atoms with Gasteiger partial charge in [0.1, 0.15) is 11.5 Å². The molecule has 29 heavy (non-hydrogen) atoms. The van der Waals surface area contributed by atoms with Crippen molar-refractivity contribution in [1.29, 1.82) is 5.26 Å². The number of halogens is 2. The Balaban J connectivity index is 1.77. The Morgan fingerprint density at radius 2 is 1.83 bits per heavy atom. The summed E-state index contributed by atoms with van der Waals surface area (Å²) >= 11 is 6.29. The molecule has 6 heteroatoms. The van der Waals surface area contributed by atoms with E-state index in [1.54, 1.807) is 36.8 Å². The predicted octanol–water partition coefficient (Wildman–Crippen LogP) is 5.52. The zero-order valence-electron chi connectivity index (χ0n) is 15.4. The molecule has 2 heterocycles. The first-order valence-corrected chi connectivity index (χ1v) is 9.44. The average molecular weight is 403 g/mol. The second-order valence-electron chi connectivity index (χ2n) is 6.53. The lowest BCUT2D eigenvalue weighted by Gasteiger charge is -2.11. The third kappa shape index (κ3) is 4.03. The Labute approximate surface area is 172 Å². The van der Waals surface area contributed by atoms with Crippen LogP contribution in [0.3, 0.4) is 0 Å². The molecule has 4 aromatic rings. The summed E-state index contributed by atoms with van der Waals surface area (Å²) in [5.74, 6) is -0.304. The van der Waals surface area contributed by atoms with Crippen LogP contribution in [0.15, 0.2) is 73.2 Å². The van der Waals surface area contributed by atoms with E-state index in [0.717, 1.165) is 28.3 Å². The fraction of sp³-hybridized carbons (Fsp3) is 0.0870. The molecule has 0 saturated carbocycles. The van der Waals surface area contributed by atoms with Gasteiger partial charge in [-0.05, 0) is 54.4 Å². The molecular weight excluding hydrogens is 387 g/mol. The van der Waals surface area contributed by atoms with E-state index < -0.39 is 0 Å². The Hall–Kier alpha value is -3.49. The lowest BCUT2D eigenvalue weighted by molar-refractivity contribution is 0.628. The summed E-state index contributed by atoms with van der Waals surface area (Å²) in [6.45, 7) is 0.640. The summed E-state index contributed by atoms with van der Waals surface area (Å²) in [5.41, 5.74) is 4.43. The van der Waals surface area contributed by atoms with E-state index in [-0.39, 0.29) is 5.82 Å². The number of imidazole rings is 1. The molecule has 0 N–H and O–H groups in total. The van der Waals surface area contributed by atoms with Crippen molar-refractivity contribution >= 4 is 11.6 Å². The number of nitriles is 1. The summed E-state index contributed by atoms with van der Waals surface area (Å²) in [5, 5.41) is 9.93. The van der Waals surface area contributed by atoms with E-state index in [4.69, 9.17) is 11.6 Å². The van der Waals surface area contributed by atoms with Crippen molar-refractivity contribution in [3.8, 4) is 28.7 Å². The minimum absolute atomic E-state index is 0.304. The molecule has 142 valence electrons. The van der Waals surface area contributed by atoms with Gasteiger partial charge in [0.15, 0.2) is 0 Å². The van der Waals surface area contributed by atoms with Gasteiger partial charge in [-0.3, -0.25) is 4.98 Å². The summed E-state index contributed by atoms with van der Waals surface area (Å²) in [4.78, 5) is 8.94. The van der Waals surface area contributed by atoms with Crippen LogP contribution in [0.5, 0.6) is 0 Å². The van der Waals surface area contributed by atoms with Crippen molar-refractivity contribution < 1.29 is 4.39 Å². The van der Waals surface area contributed by atoms with Crippen molar-refractivity contribution in [2.75, 3.05) is 0 Å². The minimum atomic E-state index is -0.304. The highest BCUT2D eigenvalue weighted by atomic mass is 35.5.